The van der Waals surface area contributed by atoms with E-state index in [1.165, 1.54) is 16.8 Å². The number of nitrogens with one attached hydrogen (secondary N) is 1. The summed E-state index contributed by atoms with van der Waals surface area (Å²) in [4.78, 5) is 17.0. The van der Waals surface area contributed by atoms with Crippen molar-refractivity contribution < 1.29 is 4.79 Å². The summed E-state index contributed by atoms with van der Waals surface area (Å²) in [5.41, 5.74) is 5.88. The Hall–Kier alpha value is -3.42. The first-order chi connectivity index (χ1) is 15.8. The van der Waals surface area contributed by atoms with Crippen molar-refractivity contribution in [3.05, 3.63) is 93.3 Å². The predicted octanol–water partition coefficient (Wildman–Crippen LogP) is 5.72. The van der Waals surface area contributed by atoms with Gasteiger partial charge < -0.3 is 4.57 Å². The number of fused-ring (bicyclic) bond motifs is 1. The van der Waals surface area contributed by atoms with E-state index < -0.39 is 5.91 Å². The third-order valence-corrected chi connectivity index (χ3v) is 7.02. The summed E-state index contributed by atoms with van der Waals surface area (Å²) in [6, 6.07) is 17.6. The molecule has 0 fully saturated rings. The van der Waals surface area contributed by atoms with Crippen LogP contribution in [-0.2, 0) is 4.79 Å². The molecule has 1 N–H and O–H groups in total. The topological polar surface area (TPSA) is 73.8 Å². The minimum Gasteiger partial charge on any atom is -0.318 e. The van der Waals surface area contributed by atoms with E-state index in [0.29, 0.717) is 15.2 Å². The first-order valence-corrected chi connectivity index (χ1v) is 11.5. The lowest BCUT2D eigenvalue weighted by molar-refractivity contribution is -0.114. The number of halogens is 1. The molecule has 164 valence electrons. The van der Waals surface area contributed by atoms with Gasteiger partial charge in [-0.1, -0.05) is 48.0 Å². The molecule has 0 spiro atoms. The molecule has 2 aromatic carbocycles. The summed E-state index contributed by atoms with van der Waals surface area (Å²) >= 11 is 7.64. The number of carbonyl (C=O) groups is 1. The van der Waals surface area contributed by atoms with Crippen LogP contribution in [0.5, 0.6) is 0 Å². The summed E-state index contributed by atoms with van der Waals surface area (Å²) in [6.07, 6.45) is 1.72. The highest BCUT2D eigenvalue weighted by atomic mass is 35.5. The van der Waals surface area contributed by atoms with Gasteiger partial charge in [0.15, 0.2) is 5.84 Å². The summed E-state index contributed by atoms with van der Waals surface area (Å²) in [6.45, 7) is 5.95. The molecule has 0 aliphatic carbocycles. The molecule has 0 atom stereocenters. The van der Waals surface area contributed by atoms with Crippen LogP contribution in [0.3, 0.4) is 0 Å². The van der Waals surface area contributed by atoms with Crippen molar-refractivity contribution >= 4 is 51.4 Å². The van der Waals surface area contributed by atoms with Gasteiger partial charge >= 0.3 is 0 Å². The van der Waals surface area contributed by atoms with E-state index in [0.717, 1.165) is 33.8 Å². The lowest BCUT2D eigenvalue weighted by atomic mass is 10.1. The molecule has 0 radical (unpaired) electrons. The second kappa shape index (κ2) is 8.17. The number of aliphatic imine (C=N–C) groups is 1. The molecule has 3 aromatic rings. The number of nitrogens with zero attached hydrogens (tertiary/aromatic N) is 4. The van der Waals surface area contributed by atoms with Crippen LogP contribution >= 0.6 is 23.4 Å². The molecule has 6 nitrogen and oxygen atoms in total. The van der Waals surface area contributed by atoms with Gasteiger partial charge in [0.25, 0.3) is 5.91 Å². The van der Waals surface area contributed by atoms with Crippen molar-refractivity contribution in [3.8, 4) is 5.69 Å². The number of aryl methyl sites for hydroxylation is 2. The zero-order chi connectivity index (χ0) is 23.3. The molecule has 3 heterocycles. The minimum atomic E-state index is -0.438. The van der Waals surface area contributed by atoms with Crippen LogP contribution < -0.4 is 0 Å². The fourth-order valence-corrected chi connectivity index (χ4v) is 4.97. The molecule has 0 unspecified atom stereocenters. The van der Waals surface area contributed by atoms with E-state index in [-0.39, 0.29) is 11.4 Å². The second-order valence-corrected chi connectivity index (χ2v) is 9.25. The molecule has 1 aromatic heterocycles. The van der Waals surface area contributed by atoms with Gasteiger partial charge in [-0.2, -0.15) is 15.1 Å². The number of hydrogen-bond acceptors (Lipinski definition) is 4. The van der Waals surface area contributed by atoms with Crippen molar-refractivity contribution in [2.75, 3.05) is 0 Å². The molecule has 0 saturated heterocycles. The van der Waals surface area contributed by atoms with Crippen molar-refractivity contribution in [1.82, 2.24) is 9.58 Å². The normalized spacial score (nSPS) is 16.8. The fraction of sp³-hybridized carbons (Fsp3) is 0.120. The maximum absolute atomic E-state index is 12.8. The molecule has 33 heavy (non-hydrogen) atoms. The number of benzene rings is 2. The van der Waals surface area contributed by atoms with Crippen LogP contribution in [-0.4, -0.2) is 31.5 Å². The van der Waals surface area contributed by atoms with Gasteiger partial charge in [0, 0.05) is 27.7 Å². The smallest absolute Gasteiger partial charge is 0.283 e. The van der Waals surface area contributed by atoms with Crippen LogP contribution in [0.4, 0.5) is 0 Å². The predicted molar refractivity (Wildman–Crippen MR) is 136 cm³/mol. The summed E-state index contributed by atoms with van der Waals surface area (Å²) in [7, 11) is 0. The standard InChI is InChI=1S/C25H20ClN5OS/c1-14-9-10-19(13-21(14)26)30-15(2)11-18(16(30)3)12-20-22(27)31-25(28-23(20)32)33-24(29-31)17-7-5-4-6-8-17/h4-13,27H,1-3H3. The van der Waals surface area contributed by atoms with Crippen molar-refractivity contribution in [3.63, 3.8) is 0 Å². The Morgan fingerprint density at radius 3 is 2.55 bits per heavy atom. The zero-order valence-electron chi connectivity index (χ0n) is 18.3. The molecule has 8 heteroatoms. The van der Waals surface area contributed by atoms with E-state index in [1.807, 2.05) is 75.4 Å². The number of thioether (sulfide) groups is 1. The number of aromatic nitrogens is 1. The van der Waals surface area contributed by atoms with Gasteiger partial charge in [-0.3, -0.25) is 10.2 Å². The van der Waals surface area contributed by atoms with Crippen LogP contribution in [0.25, 0.3) is 11.8 Å². The average Bonchev–Trinajstić information content (AvgIpc) is 3.34. The Morgan fingerprint density at radius 2 is 1.82 bits per heavy atom. The number of hydrazone groups is 1. The van der Waals surface area contributed by atoms with Gasteiger partial charge in [-0.25, -0.2) is 0 Å². The number of rotatable bonds is 3. The number of hydrogen-bond donors (Lipinski definition) is 1. The Kier molecular flexibility index (Phi) is 5.31. The van der Waals surface area contributed by atoms with Crippen molar-refractivity contribution in [2.45, 2.75) is 20.8 Å². The van der Waals surface area contributed by atoms with E-state index in [1.54, 1.807) is 6.08 Å². The van der Waals surface area contributed by atoms with Gasteiger partial charge in [0.1, 0.15) is 5.04 Å². The fourth-order valence-electron chi connectivity index (χ4n) is 3.90. The maximum Gasteiger partial charge on any atom is 0.283 e. The monoisotopic (exact) mass is 473 g/mol. The maximum atomic E-state index is 12.8. The van der Waals surface area contributed by atoms with Gasteiger partial charge in [-0.15, -0.1) is 0 Å². The summed E-state index contributed by atoms with van der Waals surface area (Å²) in [5, 5.41) is 16.4. The lowest BCUT2D eigenvalue weighted by Gasteiger charge is -2.20. The summed E-state index contributed by atoms with van der Waals surface area (Å²) in [5.74, 6) is -0.418. The Labute approximate surface area is 200 Å². The second-order valence-electron chi connectivity index (χ2n) is 7.89. The van der Waals surface area contributed by atoms with Gasteiger partial charge in [0.05, 0.1) is 5.57 Å². The van der Waals surface area contributed by atoms with E-state index >= 15 is 0 Å². The van der Waals surface area contributed by atoms with E-state index in [9.17, 15) is 4.79 Å². The van der Waals surface area contributed by atoms with E-state index in [2.05, 4.69) is 14.7 Å². The number of amides is 1. The highest BCUT2D eigenvalue weighted by Gasteiger charge is 2.36. The Morgan fingerprint density at radius 1 is 1.06 bits per heavy atom. The SMILES string of the molecule is Cc1ccc(-n2c(C)cc(C=C3C(=N)N4N=C(c5ccccc5)SC4=NC3=O)c2C)cc1Cl. The van der Waals surface area contributed by atoms with Crippen LogP contribution in [0.2, 0.25) is 5.02 Å². The molecular weight excluding hydrogens is 454 g/mol. The summed E-state index contributed by atoms with van der Waals surface area (Å²) < 4.78 is 2.08. The van der Waals surface area contributed by atoms with Crippen LogP contribution in [0, 0.1) is 26.2 Å². The largest absolute Gasteiger partial charge is 0.318 e. The molecule has 0 saturated carbocycles. The first kappa shape index (κ1) is 21.4. The molecule has 1 amide bonds. The highest BCUT2D eigenvalue weighted by Crippen LogP contribution is 2.32. The van der Waals surface area contributed by atoms with Crippen LogP contribution in [0.1, 0.15) is 28.1 Å². The number of carbonyl (C=O) groups excluding carboxylic acids is 1. The Balaban J connectivity index is 1.52. The third-order valence-electron chi connectivity index (χ3n) is 5.66. The van der Waals surface area contributed by atoms with E-state index in [4.69, 9.17) is 17.0 Å². The molecule has 2 aliphatic rings. The quantitative estimate of drug-likeness (QED) is 0.494. The molecule has 2 aliphatic heterocycles. The Bertz CT molecular complexity index is 1420. The minimum absolute atomic E-state index is 0.0200. The molecular formula is C25H20ClN5OS. The first-order valence-electron chi connectivity index (χ1n) is 10.3. The molecule has 0 bridgehead atoms. The van der Waals surface area contributed by atoms with Crippen molar-refractivity contribution in [2.24, 2.45) is 10.1 Å². The third kappa shape index (κ3) is 3.73. The highest BCUT2D eigenvalue weighted by molar-refractivity contribution is 8.27. The number of amidine groups is 2. The molecule has 5 rings (SSSR count). The van der Waals surface area contributed by atoms with Crippen molar-refractivity contribution in [1.29, 1.82) is 5.41 Å². The average molecular weight is 474 g/mol. The van der Waals surface area contributed by atoms with Gasteiger partial charge in [-0.05, 0) is 67.9 Å². The van der Waals surface area contributed by atoms with Crippen LogP contribution in [0.15, 0.2) is 70.3 Å². The lowest BCUT2D eigenvalue weighted by Crippen LogP contribution is -2.35. The van der Waals surface area contributed by atoms with Gasteiger partial charge in [0.2, 0.25) is 5.17 Å². The zero-order valence-corrected chi connectivity index (χ0v) is 19.8.